The number of aliphatic hydroxyl groups is 1. The van der Waals surface area contributed by atoms with Gasteiger partial charge in [-0.25, -0.2) is 0 Å². The number of nitrogens with zero attached hydrogens (tertiary/aromatic N) is 5. The molecule has 0 aliphatic carbocycles. The zero-order valence-electron chi connectivity index (χ0n) is 24.4. The van der Waals surface area contributed by atoms with Crippen molar-refractivity contribution in [2.75, 3.05) is 12.8 Å². The van der Waals surface area contributed by atoms with Crippen LogP contribution >= 0.6 is 0 Å². The smallest absolute Gasteiger partial charge is 0.400 e. The van der Waals surface area contributed by atoms with E-state index in [0.29, 0.717) is 27.8 Å². The molecule has 3 N–H and O–H groups in total. The van der Waals surface area contributed by atoms with Crippen LogP contribution in [0, 0.1) is 10.1 Å². The second-order valence-electron chi connectivity index (χ2n) is 9.84. The Bertz CT molecular complexity index is 2030. The molecule has 256 valence electrons. The van der Waals surface area contributed by atoms with Gasteiger partial charge in [0.1, 0.15) is 11.4 Å². The molecule has 0 fully saturated rings. The molecule has 2 heterocycles. The van der Waals surface area contributed by atoms with Gasteiger partial charge in [0.25, 0.3) is 5.69 Å². The number of aryl methyl sites for hydroxylation is 2. The van der Waals surface area contributed by atoms with Crippen LogP contribution in [0.15, 0.2) is 84.9 Å². The van der Waals surface area contributed by atoms with E-state index in [2.05, 4.69) is 10.2 Å². The van der Waals surface area contributed by atoms with Gasteiger partial charge in [-0.1, -0.05) is 39.1 Å². The molecule has 0 spiro atoms. The Kier molecular flexibility index (Phi) is 12.1. The topological polar surface area (TPSA) is 125 Å². The van der Waals surface area contributed by atoms with Crippen LogP contribution in [0.4, 0.5) is 37.7 Å². The number of benzene rings is 4. The van der Waals surface area contributed by atoms with Crippen LogP contribution in [0.1, 0.15) is 26.0 Å². The number of nitrogens with two attached hydrogens (primary N) is 1. The van der Waals surface area contributed by atoms with Crippen LogP contribution in [0.25, 0.3) is 44.3 Å². The van der Waals surface area contributed by atoms with Gasteiger partial charge in [-0.05, 0) is 48.5 Å². The number of aromatic nitrogens is 4. The molecule has 0 aliphatic rings. The number of halogens is 6. The van der Waals surface area contributed by atoms with Crippen molar-refractivity contribution < 1.29 is 36.4 Å². The fourth-order valence-electron chi connectivity index (χ4n) is 4.76. The molecule has 0 bridgehead atoms. The number of nitrogen functional groups attached to an aromatic ring is 1. The SMILES string of the molecule is C.C.CO.Cn1nc(-c2cccc(C(F)(F)F)c2)c2cc(N)ccc21.Cn1nc(-c2cccc(C(F)(F)F)c2)c2cc([N+](=O)[O-])ccc21. The average Bonchev–Trinajstić information content (AvgIpc) is 3.53. The normalized spacial score (nSPS) is 11.0. The number of alkyl halides is 6. The Balaban J connectivity index is 0.000000306. The van der Waals surface area contributed by atoms with Crippen LogP contribution in [-0.4, -0.2) is 36.7 Å². The molecule has 0 unspecified atom stereocenters. The minimum atomic E-state index is -4.47. The summed E-state index contributed by atoms with van der Waals surface area (Å²) in [5.74, 6) is 0. The molecule has 15 heteroatoms. The zero-order chi connectivity index (χ0) is 34.0. The molecule has 0 saturated heterocycles. The predicted octanol–water partition coefficient (Wildman–Crippen LogP) is 8.89. The Morgan fingerprint density at radius 2 is 1.10 bits per heavy atom. The number of non-ortho nitro benzene ring substituents is 1. The summed E-state index contributed by atoms with van der Waals surface area (Å²) in [5.41, 5.74) is 7.54. The summed E-state index contributed by atoms with van der Waals surface area (Å²) in [6.45, 7) is 0. The summed E-state index contributed by atoms with van der Waals surface area (Å²) in [4.78, 5) is 10.4. The van der Waals surface area contributed by atoms with E-state index in [9.17, 15) is 36.5 Å². The van der Waals surface area contributed by atoms with E-state index in [0.717, 1.165) is 42.3 Å². The first kappa shape index (κ1) is 38.7. The molecule has 0 radical (unpaired) electrons. The number of rotatable bonds is 3. The van der Waals surface area contributed by atoms with Crippen LogP contribution in [0.3, 0.4) is 0 Å². The van der Waals surface area contributed by atoms with Gasteiger partial charge in [0.05, 0.1) is 27.1 Å². The molecule has 0 atom stereocenters. The minimum absolute atomic E-state index is 0. The molecule has 9 nitrogen and oxygen atoms in total. The lowest BCUT2D eigenvalue weighted by atomic mass is 10.0. The Morgan fingerprint density at radius 3 is 1.52 bits per heavy atom. The highest BCUT2D eigenvalue weighted by Crippen LogP contribution is 2.36. The number of fused-ring (bicyclic) bond motifs is 2. The molecule has 0 amide bonds. The number of anilines is 1. The molecule has 6 aromatic rings. The van der Waals surface area contributed by atoms with Crippen LogP contribution in [0.5, 0.6) is 0 Å². The van der Waals surface area contributed by atoms with Crippen molar-refractivity contribution in [3.63, 3.8) is 0 Å². The molecule has 4 aromatic carbocycles. The summed E-state index contributed by atoms with van der Waals surface area (Å²) in [6.07, 6.45) is -8.84. The summed E-state index contributed by atoms with van der Waals surface area (Å²) >= 11 is 0. The van der Waals surface area contributed by atoms with Crippen LogP contribution < -0.4 is 5.73 Å². The zero-order valence-corrected chi connectivity index (χ0v) is 24.4. The lowest BCUT2D eigenvalue weighted by Crippen LogP contribution is -2.04. The summed E-state index contributed by atoms with van der Waals surface area (Å²) in [5, 5.41) is 27.6. The first-order valence-corrected chi connectivity index (χ1v) is 13.3. The number of hydrogen-bond donors (Lipinski definition) is 2. The summed E-state index contributed by atoms with van der Waals surface area (Å²) in [6, 6.07) is 19.3. The second-order valence-corrected chi connectivity index (χ2v) is 9.84. The van der Waals surface area contributed by atoms with Gasteiger partial charge in [0, 0.05) is 60.9 Å². The van der Waals surface area contributed by atoms with Gasteiger partial charge < -0.3 is 10.8 Å². The molecule has 6 rings (SSSR count). The largest absolute Gasteiger partial charge is 0.416 e. The predicted molar refractivity (Wildman–Crippen MR) is 175 cm³/mol. The third-order valence-electron chi connectivity index (χ3n) is 6.85. The van der Waals surface area contributed by atoms with E-state index in [1.807, 2.05) is 0 Å². The minimum Gasteiger partial charge on any atom is -0.400 e. The van der Waals surface area contributed by atoms with Crippen LogP contribution in [0.2, 0.25) is 0 Å². The Morgan fingerprint density at radius 1 is 0.688 bits per heavy atom. The maximum atomic E-state index is 12.9. The standard InChI is InChI=1S/C15H10F3N3O2.C15H12F3N3.CH4O.2CH4/c1-20-13-6-5-11(21(22)23)8-12(13)14(19-20)9-3-2-4-10(7-9)15(16,17)18;1-21-13-6-5-11(19)8-12(13)14(20-21)9-3-2-4-10(7-9)15(16,17)18;1-2;;/h2-8H,1H3;2-8H,19H2,1H3;2H,1H3;2*1H4. The van der Waals surface area contributed by atoms with Crippen LogP contribution in [-0.2, 0) is 26.4 Å². The third kappa shape index (κ3) is 8.09. The monoisotopic (exact) mass is 676 g/mol. The van der Waals surface area contributed by atoms with Gasteiger partial charge in [0.2, 0.25) is 0 Å². The number of nitro benzene ring substituents is 1. The molecule has 48 heavy (non-hydrogen) atoms. The summed E-state index contributed by atoms with van der Waals surface area (Å²) < 4.78 is 80.1. The fourth-order valence-corrected chi connectivity index (χ4v) is 4.76. The molecule has 0 aliphatic heterocycles. The van der Waals surface area contributed by atoms with Crippen molar-refractivity contribution in [1.29, 1.82) is 0 Å². The second kappa shape index (κ2) is 15.0. The molecular formula is C33H34F6N6O3. The van der Waals surface area contributed by atoms with E-state index in [1.165, 1.54) is 41.1 Å². The van der Waals surface area contributed by atoms with Crippen molar-refractivity contribution >= 4 is 33.2 Å². The number of hydrogen-bond acceptors (Lipinski definition) is 6. The van der Waals surface area contributed by atoms with Gasteiger partial charge in [-0.15, -0.1) is 0 Å². The van der Waals surface area contributed by atoms with Gasteiger partial charge in [-0.2, -0.15) is 36.5 Å². The van der Waals surface area contributed by atoms with Gasteiger partial charge in [0.15, 0.2) is 0 Å². The van der Waals surface area contributed by atoms with E-state index >= 15 is 0 Å². The average molecular weight is 677 g/mol. The lowest BCUT2D eigenvalue weighted by molar-refractivity contribution is -0.384. The van der Waals surface area contributed by atoms with E-state index in [-0.39, 0.29) is 31.8 Å². The first-order valence-electron chi connectivity index (χ1n) is 13.3. The van der Waals surface area contributed by atoms with Gasteiger partial charge >= 0.3 is 12.4 Å². The Hall–Kier alpha value is -5.44. The van der Waals surface area contributed by atoms with Crippen molar-refractivity contribution in [1.82, 2.24) is 19.6 Å². The molecule has 0 saturated carbocycles. The van der Waals surface area contributed by atoms with E-state index < -0.39 is 28.4 Å². The highest BCUT2D eigenvalue weighted by molar-refractivity contribution is 5.96. The van der Waals surface area contributed by atoms with Crippen molar-refractivity contribution in [2.24, 2.45) is 14.1 Å². The van der Waals surface area contributed by atoms with E-state index in [1.54, 1.807) is 43.0 Å². The van der Waals surface area contributed by atoms with Crippen molar-refractivity contribution in [3.8, 4) is 22.5 Å². The maximum absolute atomic E-state index is 12.9. The Labute approximate surface area is 272 Å². The third-order valence-corrected chi connectivity index (χ3v) is 6.85. The first-order chi connectivity index (χ1) is 21.6. The number of aliphatic hydroxyl groups excluding tert-OH is 1. The highest BCUT2D eigenvalue weighted by atomic mass is 19.4. The molecular weight excluding hydrogens is 642 g/mol. The van der Waals surface area contributed by atoms with Gasteiger partial charge in [-0.3, -0.25) is 19.5 Å². The lowest BCUT2D eigenvalue weighted by Gasteiger charge is -2.07. The highest BCUT2D eigenvalue weighted by Gasteiger charge is 2.31. The van der Waals surface area contributed by atoms with Crippen molar-refractivity contribution in [2.45, 2.75) is 27.2 Å². The summed E-state index contributed by atoms with van der Waals surface area (Å²) in [7, 11) is 4.38. The fraction of sp³-hybridized carbons (Fsp3) is 0.212. The quantitative estimate of drug-likeness (QED) is 0.0835. The van der Waals surface area contributed by atoms with Crippen molar-refractivity contribution in [3.05, 3.63) is 106 Å². The molecule has 2 aromatic heterocycles. The van der Waals surface area contributed by atoms with E-state index in [4.69, 9.17) is 10.8 Å². The maximum Gasteiger partial charge on any atom is 0.416 e. The number of nitro groups is 1.